The van der Waals surface area contributed by atoms with Crippen molar-refractivity contribution in [3.63, 3.8) is 0 Å². The summed E-state index contributed by atoms with van der Waals surface area (Å²) in [6, 6.07) is 3.68. The Morgan fingerprint density at radius 1 is 1.60 bits per heavy atom. The minimum absolute atomic E-state index is 0.311. The number of pyridine rings is 1. The summed E-state index contributed by atoms with van der Waals surface area (Å²) in [4.78, 5) is 22.6. The topological polar surface area (TPSA) is 67.9 Å². The number of nitrogens with zero attached hydrogens (tertiary/aromatic N) is 2. The van der Waals surface area contributed by atoms with E-state index in [9.17, 15) is 4.79 Å². The maximum absolute atomic E-state index is 11.3. The van der Waals surface area contributed by atoms with Crippen LogP contribution in [0.1, 0.15) is 18.7 Å². The molecule has 0 amide bonds. The predicted molar refractivity (Wildman–Crippen MR) is 54.3 cm³/mol. The Morgan fingerprint density at radius 2 is 2.40 bits per heavy atom. The molecule has 0 aliphatic carbocycles. The zero-order chi connectivity index (χ0) is 10.8. The molecule has 2 rings (SSSR count). The zero-order valence-corrected chi connectivity index (χ0v) is 8.52. The Labute approximate surface area is 86.5 Å². The summed E-state index contributed by atoms with van der Waals surface area (Å²) in [6.07, 6.45) is 1.66. The lowest BCUT2D eigenvalue weighted by molar-refractivity contribution is -0.142. The molecule has 2 heterocycles. The van der Waals surface area contributed by atoms with E-state index in [2.05, 4.69) is 19.7 Å². The van der Waals surface area contributed by atoms with Crippen LogP contribution in [0.4, 0.5) is 0 Å². The molecule has 0 spiro atoms. The van der Waals surface area contributed by atoms with E-state index in [-0.39, 0.29) is 5.97 Å². The third kappa shape index (κ3) is 1.68. The van der Waals surface area contributed by atoms with Gasteiger partial charge in [-0.2, -0.15) is 0 Å². The van der Waals surface area contributed by atoms with E-state index in [0.29, 0.717) is 11.5 Å². The van der Waals surface area contributed by atoms with Crippen LogP contribution in [0.5, 0.6) is 0 Å². The zero-order valence-electron chi connectivity index (χ0n) is 8.52. The fourth-order valence-corrected chi connectivity index (χ4v) is 1.36. The molecule has 1 unspecified atom stereocenters. The first-order chi connectivity index (χ1) is 7.22. The highest BCUT2D eigenvalue weighted by molar-refractivity contribution is 5.78. The van der Waals surface area contributed by atoms with E-state index in [4.69, 9.17) is 0 Å². The predicted octanol–water partition coefficient (Wildman–Crippen LogP) is 1.23. The van der Waals surface area contributed by atoms with Gasteiger partial charge in [-0.05, 0) is 19.1 Å². The molecule has 5 nitrogen and oxygen atoms in total. The number of hydrogen-bond acceptors (Lipinski definition) is 4. The highest BCUT2D eigenvalue weighted by Crippen LogP contribution is 2.16. The number of hydrogen-bond donors (Lipinski definition) is 1. The van der Waals surface area contributed by atoms with Crippen molar-refractivity contribution in [3.8, 4) is 0 Å². The Balaban J connectivity index is 2.40. The van der Waals surface area contributed by atoms with Crippen LogP contribution < -0.4 is 0 Å². The van der Waals surface area contributed by atoms with Gasteiger partial charge in [0.1, 0.15) is 11.7 Å². The molecule has 78 valence electrons. The Bertz CT molecular complexity index is 459. The average molecular weight is 205 g/mol. The van der Waals surface area contributed by atoms with Crippen molar-refractivity contribution in [2.24, 2.45) is 0 Å². The SMILES string of the molecule is COC(=O)C(C)c1nc2ncccc2[nH]1. The van der Waals surface area contributed by atoms with Crippen molar-refractivity contribution < 1.29 is 9.53 Å². The summed E-state index contributed by atoms with van der Waals surface area (Å²) in [5.41, 5.74) is 1.44. The summed E-state index contributed by atoms with van der Waals surface area (Å²) >= 11 is 0. The first-order valence-electron chi connectivity index (χ1n) is 4.61. The minimum Gasteiger partial charge on any atom is -0.468 e. The Hall–Kier alpha value is -1.91. The van der Waals surface area contributed by atoms with Crippen molar-refractivity contribution in [1.29, 1.82) is 0 Å². The first kappa shape index (κ1) is 9.64. The second-order valence-corrected chi connectivity index (χ2v) is 3.24. The number of aromatic nitrogens is 3. The third-order valence-electron chi connectivity index (χ3n) is 2.24. The van der Waals surface area contributed by atoms with Gasteiger partial charge in [-0.1, -0.05) is 0 Å². The fourth-order valence-electron chi connectivity index (χ4n) is 1.36. The molecule has 2 aromatic rings. The number of rotatable bonds is 2. The van der Waals surface area contributed by atoms with Gasteiger partial charge in [0.15, 0.2) is 5.65 Å². The number of H-pyrrole nitrogens is 1. The van der Waals surface area contributed by atoms with Crippen LogP contribution in [-0.2, 0) is 9.53 Å². The summed E-state index contributed by atoms with van der Waals surface area (Å²) in [7, 11) is 1.36. The summed E-state index contributed by atoms with van der Waals surface area (Å²) in [6.45, 7) is 1.74. The van der Waals surface area contributed by atoms with Gasteiger partial charge in [0.25, 0.3) is 0 Å². The lowest BCUT2D eigenvalue weighted by atomic mass is 10.2. The van der Waals surface area contributed by atoms with E-state index < -0.39 is 5.92 Å². The Kier molecular flexibility index (Phi) is 2.37. The van der Waals surface area contributed by atoms with Gasteiger partial charge in [0.2, 0.25) is 0 Å². The van der Waals surface area contributed by atoms with Crippen LogP contribution in [0.15, 0.2) is 18.3 Å². The normalized spacial score (nSPS) is 12.7. The third-order valence-corrected chi connectivity index (χ3v) is 2.24. The number of aromatic amines is 1. The largest absolute Gasteiger partial charge is 0.468 e. The number of esters is 1. The molecule has 0 aromatic carbocycles. The maximum Gasteiger partial charge on any atom is 0.316 e. The molecule has 0 saturated carbocycles. The lowest BCUT2D eigenvalue weighted by Crippen LogP contribution is -2.12. The lowest BCUT2D eigenvalue weighted by Gasteiger charge is -2.04. The van der Waals surface area contributed by atoms with Crippen molar-refractivity contribution in [3.05, 3.63) is 24.2 Å². The van der Waals surface area contributed by atoms with Crippen molar-refractivity contribution in [2.45, 2.75) is 12.8 Å². The second-order valence-electron chi connectivity index (χ2n) is 3.24. The van der Waals surface area contributed by atoms with E-state index in [1.54, 1.807) is 13.1 Å². The molecule has 0 aliphatic heterocycles. The van der Waals surface area contributed by atoms with Crippen LogP contribution in [0, 0.1) is 0 Å². The molecule has 1 atom stereocenters. The smallest absolute Gasteiger partial charge is 0.316 e. The number of ether oxygens (including phenoxy) is 1. The summed E-state index contributed by atoms with van der Waals surface area (Å²) < 4.78 is 4.64. The molecule has 0 radical (unpaired) electrons. The van der Waals surface area contributed by atoms with E-state index in [0.717, 1.165) is 5.52 Å². The minimum atomic E-state index is -0.399. The van der Waals surface area contributed by atoms with Crippen molar-refractivity contribution in [1.82, 2.24) is 15.0 Å². The Morgan fingerprint density at radius 3 is 3.07 bits per heavy atom. The van der Waals surface area contributed by atoms with Gasteiger partial charge in [-0.25, -0.2) is 9.97 Å². The monoisotopic (exact) mass is 205 g/mol. The van der Waals surface area contributed by atoms with Crippen LogP contribution in [0.3, 0.4) is 0 Å². The first-order valence-corrected chi connectivity index (χ1v) is 4.61. The van der Waals surface area contributed by atoms with E-state index >= 15 is 0 Å². The van der Waals surface area contributed by atoms with Gasteiger partial charge in [-0.3, -0.25) is 4.79 Å². The highest BCUT2D eigenvalue weighted by Gasteiger charge is 2.19. The van der Waals surface area contributed by atoms with Gasteiger partial charge >= 0.3 is 5.97 Å². The fraction of sp³-hybridized carbons (Fsp3) is 0.300. The quantitative estimate of drug-likeness (QED) is 0.749. The molecule has 0 saturated heterocycles. The molecule has 1 N–H and O–H groups in total. The summed E-state index contributed by atoms with van der Waals surface area (Å²) in [5.74, 6) is -0.131. The van der Waals surface area contributed by atoms with Crippen molar-refractivity contribution >= 4 is 17.1 Å². The molecule has 2 aromatic heterocycles. The average Bonchev–Trinajstić information content (AvgIpc) is 2.70. The van der Waals surface area contributed by atoms with Crippen LogP contribution in [0.2, 0.25) is 0 Å². The second kappa shape index (κ2) is 3.68. The molecule has 0 fully saturated rings. The number of carbonyl (C=O) groups excluding carboxylic acids is 1. The van der Waals surface area contributed by atoms with Gasteiger partial charge in [0.05, 0.1) is 12.6 Å². The molecule has 0 bridgehead atoms. The van der Waals surface area contributed by atoms with Crippen LogP contribution >= 0.6 is 0 Å². The standard InChI is InChI=1S/C10H11N3O2/c1-6(10(14)15-2)8-12-7-4-3-5-11-9(7)13-8/h3-6H,1-2H3,(H,11,12,13). The maximum atomic E-state index is 11.3. The van der Waals surface area contributed by atoms with Gasteiger partial charge in [0, 0.05) is 6.20 Å². The van der Waals surface area contributed by atoms with E-state index in [1.807, 2.05) is 12.1 Å². The van der Waals surface area contributed by atoms with Gasteiger partial charge in [-0.15, -0.1) is 0 Å². The number of nitrogens with one attached hydrogen (secondary N) is 1. The number of fused-ring (bicyclic) bond motifs is 1. The van der Waals surface area contributed by atoms with Crippen molar-refractivity contribution in [2.75, 3.05) is 7.11 Å². The highest BCUT2D eigenvalue weighted by atomic mass is 16.5. The summed E-state index contributed by atoms with van der Waals surface area (Å²) in [5, 5.41) is 0. The molecule has 15 heavy (non-hydrogen) atoms. The molecular formula is C10H11N3O2. The number of imidazole rings is 1. The number of methoxy groups -OCH3 is 1. The molecule has 5 heteroatoms. The van der Waals surface area contributed by atoms with Gasteiger partial charge < -0.3 is 9.72 Å². The molecular weight excluding hydrogens is 194 g/mol. The van der Waals surface area contributed by atoms with Crippen LogP contribution in [-0.4, -0.2) is 28.0 Å². The number of carbonyl (C=O) groups is 1. The van der Waals surface area contributed by atoms with E-state index in [1.165, 1.54) is 7.11 Å². The molecule has 0 aliphatic rings. The van der Waals surface area contributed by atoms with Crippen LogP contribution in [0.25, 0.3) is 11.2 Å².